The van der Waals surface area contributed by atoms with Crippen molar-refractivity contribution in [1.82, 2.24) is 0 Å². The molecular weight excluding hydrogens is 384 g/mol. The molecule has 2 nitrogen and oxygen atoms in total. The highest BCUT2D eigenvalue weighted by atomic mass is 33.1. The molecule has 0 amide bonds. The van der Waals surface area contributed by atoms with E-state index in [1.165, 1.54) is 26.5 Å². The van der Waals surface area contributed by atoms with Crippen molar-refractivity contribution in [3.05, 3.63) is 99.5 Å². The van der Waals surface area contributed by atoms with Gasteiger partial charge in [-0.25, -0.2) is 0 Å². The maximum absolute atomic E-state index is 12.2. The second-order valence-corrected chi connectivity index (χ2v) is 8.88. The normalized spacial score (nSPS) is 17.0. The lowest BCUT2D eigenvalue weighted by atomic mass is 9.92. The molecule has 0 fully saturated rings. The number of ether oxygens (including phenoxy) is 1. The van der Waals surface area contributed by atoms with Crippen molar-refractivity contribution >= 4 is 37.8 Å². The van der Waals surface area contributed by atoms with E-state index < -0.39 is 0 Å². The van der Waals surface area contributed by atoms with Gasteiger partial charge in [0, 0.05) is 15.4 Å². The Morgan fingerprint density at radius 2 is 1.36 bits per heavy atom. The zero-order valence-electron chi connectivity index (χ0n) is 16.0. The standard InChI is InChI=1S/C24H20O2S2/c1-15-13-19(14-16(2)22(15)25)24-21(17-7-5-4-6-8-17)23(27-28-24)18-9-11-20(26-3)12-10-18/h4-14H,1-3H3. The molecule has 2 aromatic carbocycles. The van der Waals surface area contributed by atoms with Gasteiger partial charge in [-0.15, -0.1) is 0 Å². The molecule has 4 rings (SSSR count). The van der Waals surface area contributed by atoms with E-state index in [9.17, 15) is 4.79 Å². The fourth-order valence-electron chi connectivity index (χ4n) is 3.35. The van der Waals surface area contributed by atoms with E-state index in [0.29, 0.717) is 0 Å². The molecule has 0 saturated carbocycles. The second kappa shape index (κ2) is 7.90. The van der Waals surface area contributed by atoms with Gasteiger partial charge in [-0.3, -0.25) is 4.79 Å². The molecule has 0 unspecified atom stereocenters. The molecule has 0 aromatic heterocycles. The molecule has 2 aliphatic rings. The number of Topliss-reactive ketones (excluding diaryl/α,β-unsaturated/α-hetero) is 1. The van der Waals surface area contributed by atoms with Gasteiger partial charge >= 0.3 is 0 Å². The largest absolute Gasteiger partial charge is 0.497 e. The highest BCUT2D eigenvalue weighted by Gasteiger charge is 2.27. The predicted octanol–water partition coefficient (Wildman–Crippen LogP) is 6.69. The van der Waals surface area contributed by atoms with E-state index >= 15 is 0 Å². The van der Waals surface area contributed by atoms with Gasteiger partial charge in [0.05, 0.1) is 7.11 Å². The van der Waals surface area contributed by atoms with Gasteiger partial charge < -0.3 is 4.74 Å². The van der Waals surface area contributed by atoms with Gasteiger partial charge in [-0.05, 0) is 66.0 Å². The summed E-state index contributed by atoms with van der Waals surface area (Å²) in [6.07, 6.45) is 4.02. The minimum atomic E-state index is 0.126. The summed E-state index contributed by atoms with van der Waals surface area (Å²) in [7, 11) is 5.21. The molecule has 0 N–H and O–H groups in total. The monoisotopic (exact) mass is 404 g/mol. The Hall–Kier alpha value is -2.43. The number of carbonyl (C=O) groups excluding carboxylic acids is 1. The van der Waals surface area contributed by atoms with Gasteiger partial charge in [0.25, 0.3) is 0 Å². The molecule has 4 heteroatoms. The van der Waals surface area contributed by atoms with Crippen molar-refractivity contribution in [3.63, 3.8) is 0 Å². The highest BCUT2D eigenvalue weighted by Crippen LogP contribution is 2.59. The maximum Gasteiger partial charge on any atom is 0.184 e. The summed E-state index contributed by atoms with van der Waals surface area (Å²) in [5.74, 6) is 0.975. The molecule has 1 heterocycles. The fraction of sp³-hybridized carbons (Fsp3) is 0.125. The van der Waals surface area contributed by atoms with E-state index in [2.05, 4.69) is 36.4 Å². The molecule has 140 valence electrons. The van der Waals surface area contributed by atoms with Crippen LogP contribution in [-0.4, -0.2) is 12.9 Å². The van der Waals surface area contributed by atoms with Crippen LogP contribution >= 0.6 is 21.6 Å². The van der Waals surface area contributed by atoms with Crippen molar-refractivity contribution in [3.8, 4) is 5.75 Å². The van der Waals surface area contributed by atoms with Crippen molar-refractivity contribution in [1.29, 1.82) is 0 Å². The smallest absolute Gasteiger partial charge is 0.184 e. The van der Waals surface area contributed by atoms with Crippen LogP contribution in [0.25, 0.3) is 10.5 Å². The van der Waals surface area contributed by atoms with Crippen LogP contribution in [0.3, 0.4) is 0 Å². The average Bonchev–Trinajstić information content (AvgIpc) is 3.17. The first-order valence-electron chi connectivity index (χ1n) is 9.03. The Kier molecular flexibility index (Phi) is 5.33. The zero-order valence-corrected chi connectivity index (χ0v) is 17.6. The Morgan fingerprint density at radius 3 is 1.96 bits per heavy atom. The van der Waals surface area contributed by atoms with Gasteiger partial charge in [0.15, 0.2) is 5.78 Å². The van der Waals surface area contributed by atoms with Crippen LogP contribution in [0.4, 0.5) is 0 Å². The van der Waals surface area contributed by atoms with Crippen LogP contribution in [0.15, 0.2) is 88.4 Å². The fourth-order valence-corrected chi connectivity index (χ4v) is 6.21. The van der Waals surface area contributed by atoms with Crippen molar-refractivity contribution in [2.75, 3.05) is 7.11 Å². The molecule has 0 atom stereocenters. The summed E-state index contributed by atoms with van der Waals surface area (Å²) >= 11 is 0. The van der Waals surface area contributed by atoms with Gasteiger partial charge in [0.2, 0.25) is 0 Å². The van der Waals surface area contributed by atoms with Crippen LogP contribution in [0.1, 0.15) is 25.0 Å². The summed E-state index contributed by atoms with van der Waals surface area (Å²) < 4.78 is 5.31. The number of ketones is 1. The molecule has 0 saturated heterocycles. The first kappa shape index (κ1) is 18.9. The third-order valence-corrected chi connectivity index (χ3v) is 7.35. The summed E-state index contributed by atoms with van der Waals surface area (Å²) in [5.41, 5.74) is 6.26. The maximum atomic E-state index is 12.2. The molecule has 0 spiro atoms. The number of methoxy groups -OCH3 is 1. The van der Waals surface area contributed by atoms with E-state index in [-0.39, 0.29) is 5.78 Å². The molecule has 0 radical (unpaired) electrons. The minimum Gasteiger partial charge on any atom is -0.497 e. The quantitative estimate of drug-likeness (QED) is 0.533. The SMILES string of the molecule is COc1ccc(C2=C(c3ccccc3)C(=C3C=C(C)C(=O)C(C)=C3)SS2)cc1. The number of hydrogen-bond donors (Lipinski definition) is 0. The number of rotatable bonds is 3. The topological polar surface area (TPSA) is 26.3 Å². The summed E-state index contributed by atoms with van der Waals surface area (Å²) in [4.78, 5) is 14.6. The van der Waals surface area contributed by atoms with Gasteiger partial charge in [-0.2, -0.15) is 0 Å². The Labute approximate surface area is 173 Å². The van der Waals surface area contributed by atoms with E-state index in [0.717, 1.165) is 22.5 Å². The lowest BCUT2D eigenvalue weighted by Crippen LogP contribution is -2.06. The Morgan fingerprint density at radius 1 is 0.750 bits per heavy atom. The van der Waals surface area contributed by atoms with Crippen molar-refractivity contribution in [2.45, 2.75) is 13.8 Å². The lowest BCUT2D eigenvalue weighted by molar-refractivity contribution is -0.112. The summed E-state index contributed by atoms with van der Waals surface area (Å²) in [6, 6.07) is 18.7. The average molecular weight is 405 g/mol. The number of carbonyl (C=O) groups is 1. The first-order valence-corrected chi connectivity index (χ1v) is 11.2. The molecule has 2 aromatic rings. The molecule has 0 bridgehead atoms. The summed E-state index contributed by atoms with van der Waals surface area (Å²) in [5, 5.41) is 0. The van der Waals surface area contributed by atoms with Crippen LogP contribution in [-0.2, 0) is 4.79 Å². The highest BCUT2D eigenvalue weighted by molar-refractivity contribution is 8.82. The Bertz CT molecular complexity index is 1030. The third-order valence-electron chi connectivity index (χ3n) is 4.80. The van der Waals surface area contributed by atoms with Crippen molar-refractivity contribution < 1.29 is 9.53 Å². The van der Waals surface area contributed by atoms with Crippen LogP contribution in [0, 0.1) is 0 Å². The summed E-state index contributed by atoms with van der Waals surface area (Å²) in [6.45, 7) is 3.78. The number of benzene rings is 2. The lowest BCUT2D eigenvalue weighted by Gasteiger charge is -2.14. The number of allylic oxidation sites excluding steroid dienone is 6. The minimum absolute atomic E-state index is 0.126. The van der Waals surface area contributed by atoms with Crippen molar-refractivity contribution in [2.24, 2.45) is 0 Å². The predicted molar refractivity (Wildman–Crippen MR) is 121 cm³/mol. The van der Waals surface area contributed by atoms with Crippen LogP contribution in [0.2, 0.25) is 0 Å². The zero-order chi connectivity index (χ0) is 19.7. The van der Waals surface area contributed by atoms with Gasteiger partial charge in [-0.1, -0.05) is 64.1 Å². The van der Waals surface area contributed by atoms with E-state index in [1.807, 2.05) is 44.2 Å². The van der Waals surface area contributed by atoms with E-state index in [1.54, 1.807) is 28.7 Å². The number of hydrogen-bond acceptors (Lipinski definition) is 4. The van der Waals surface area contributed by atoms with Gasteiger partial charge in [0.1, 0.15) is 5.75 Å². The molecular formula is C24H20O2S2. The van der Waals surface area contributed by atoms with Crippen LogP contribution < -0.4 is 4.74 Å². The van der Waals surface area contributed by atoms with E-state index in [4.69, 9.17) is 4.74 Å². The second-order valence-electron chi connectivity index (χ2n) is 6.73. The molecule has 1 aliphatic heterocycles. The first-order chi connectivity index (χ1) is 13.6. The molecule has 28 heavy (non-hydrogen) atoms. The van der Waals surface area contributed by atoms with Crippen LogP contribution in [0.5, 0.6) is 5.75 Å². The Balaban J connectivity index is 1.92. The molecule has 1 aliphatic carbocycles. The third kappa shape index (κ3) is 3.50.